The third kappa shape index (κ3) is 19.5. The molecule has 7 heteroatoms. The van der Waals surface area contributed by atoms with E-state index in [1.54, 1.807) is 18.2 Å². The van der Waals surface area contributed by atoms with Crippen molar-refractivity contribution in [3.63, 3.8) is 0 Å². The molecule has 282 valence electrons. The second-order valence-corrected chi connectivity index (χ2v) is 16.1. The smallest absolute Gasteiger partial charge is 0.295 e. The minimum absolute atomic E-state index is 0.124. The number of hydrogen-bond acceptors (Lipinski definition) is 5. The van der Waals surface area contributed by atoms with Crippen molar-refractivity contribution in [3.8, 4) is 0 Å². The number of hydrogen-bond donors (Lipinski definition) is 3. The summed E-state index contributed by atoms with van der Waals surface area (Å²) in [5.74, 6) is 0. The highest BCUT2D eigenvalue weighted by Gasteiger charge is 2.22. The summed E-state index contributed by atoms with van der Waals surface area (Å²) in [4.78, 5) is 1.90. The molecule has 0 amide bonds. The third-order valence-corrected chi connectivity index (χ3v) is 11.0. The first kappa shape index (κ1) is 43.5. The summed E-state index contributed by atoms with van der Waals surface area (Å²) >= 11 is 0. The zero-order valence-corrected chi connectivity index (χ0v) is 32.2. The van der Waals surface area contributed by atoms with Crippen molar-refractivity contribution in [1.29, 1.82) is 0 Å². The topological polar surface area (TPSA) is 98.1 Å². The lowest BCUT2D eigenvalue weighted by atomic mass is 10.0. The number of aliphatic hydroxyl groups is 2. The standard InChI is InChI=1S/C42H73NO5S/c1-3-5-7-9-11-13-15-17-19-21-23-25-29-37(44)35-43(41-33-34-42(49(46,47)48)40-32-28-27-31-39(40)41)36-38(45)30-26-24-22-20-18-16-14-12-10-8-6-4-2/h27-28,31-34,37-38,44-45H,3-26,29-30,35-36H2,1-2H3,(H,46,47,48). The lowest BCUT2D eigenvalue weighted by Crippen LogP contribution is -2.38. The molecule has 2 rings (SSSR count). The summed E-state index contributed by atoms with van der Waals surface area (Å²) in [5.41, 5.74) is 0.769. The largest absolute Gasteiger partial charge is 0.391 e. The van der Waals surface area contributed by atoms with Crippen LogP contribution in [0.1, 0.15) is 181 Å². The Balaban J connectivity index is 1.85. The molecule has 0 fully saturated rings. The van der Waals surface area contributed by atoms with Gasteiger partial charge in [0, 0.05) is 29.5 Å². The van der Waals surface area contributed by atoms with E-state index < -0.39 is 22.3 Å². The predicted molar refractivity (Wildman–Crippen MR) is 209 cm³/mol. The number of nitrogens with zero attached hydrogens (tertiary/aromatic N) is 1. The average molecular weight is 704 g/mol. The first-order valence-electron chi connectivity index (χ1n) is 20.4. The van der Waals surface area contributed by atoms with Crippen molar-refractivity contribution < 1.29 is 23.2 Å². The molecule has 0 spiro atoms. The van der Waals surface area contributed by atoms with Crippen molar-refractivity contribution >= 4 is 26.6 Å². The van der Waals surface area contributed by atoms with Crippen molar-refractivity contribution in [2.75, 3.05) is 18.0 Å². The number of unbranched alkanes of at least 4 members (excludes halogenated alkanes) is 22. The van der Waals surface area contributed by atoms with E-state index in [1.165, 1.54) is 134 Å². The highest BCUT2D eigenvalue weighted by Crippen LogP contribution is 2.32. The van der Waals surface area contributed by atoms with Gasteiger partial charge >= 0.3 is 0 Å². The summed E-state index contributed by atoms with van der Waals surface area (Å²) in [5, 5.41) is 23.4. The van der Waals surface area contributed by atoms with Crippen LogP contribution in [0.4, 0.5) is 5.69 Å². The molecule has 2 aromatic carbocycles. The Morgan fingerprint density at radius 3 is 1.22 bits per heavy atom. The fourth-order valence-corrected chi connectivity index (χ4v) is 7.86. The molecule has 0 aliphatic carbocycles. The van der Waals surface area contributed by atoms with Crippen LogP contribution in [-0.2, 0) is 10.1 Å². The van der Waals surface area contributed by atoms with Gasteiger partial charge in [-0.3, -0.25) is 4.55 Å². The Bertz CT molecular complexity index is 1170. The van der Waals surface area contributed by atoms with Crippen LogP contribution in [0.5, 0.6) is 0 Å². The van der Waals surface area contributed by atoms with Crippen LogP contribution < -0.4 is 4.90 Å². The highest BCUT2D eigenvalue weighted by atomic mass is 32.2. The Hall–Kier alpha value is -1.67. The van der Waals surface area contributed by atoms with Gasteiger partial charge in [-0.15, -0.1) is 0 Å². The second kappa shape index (κ2) is 27.0. The SMILES string of the molecule is CCCCCCCCCCCCCCC(O)CN(CC(O)CCCCCCCCCCCCCC)c1ccc(S(=O)(=O)O)c2ccccc12. The molecule has 0 aliphatic heterocycles. The highest BCUT2D eigenvalue weighted by molar-refractivity contribution is 7.86. The van der Waals surface area contributed by atoms with Gasteiger partial charge in [-0.25, -0.2) is 0 Å². The first-order chi connectivity index (χ1) is 23.8. The molecule has 0 radical (unpaired) electrons. The van der Waals surface area contributed by atoms with E-state index >= 15 is 0 Å². The van der Waals surface area contributed by atoms with Gasteiger partial charge in [0.2, 0.25) is 0 Å². The molecule has 49 heavy (non-hydrogen) atoms. The van der Waals surface area contributed by atoms with Crippen LogP contribution in [0, 0.1) is 0 Å². The van der Waals surface area contributed by atoms with E-state index in [0.717, 1.165) is 31.4 Å². The van der Waals surface area contributed by atoms with Crippen molar-refractivity contribution in [2.45, 2.75) is 198 Å². The van der Waals surface area contributed by atoms with Crippen molar-refractivity contribution in [1.82, 2.24) is 0 Å². The van der Waals surface area contributed by atoms with Crippen LogP contribution in [0.25, 0.3) is 10.8 Å². The molecule has 0 bridgehead atoms. The minimum Gasteiger partial charge on any atom is -0.391 e. The molecule has 2 unspecified atom stereocenters. The van der Waals surface area contributed by atoms with E-state index in [1.807, 2.05) is 17.0 Å². The zero-order chi connectivity index (χ0) is 35.6. The first-order valence-corrected chi connectivity index (χ1v) is 21.8. The lowest BCUT2D eigenvalue weighted by Gasteiger charge is -2.31. The number of benzene rings is 2. The van der Waals surface area contributed by atoms with Crippen LogP contribution >= 0.6 is 0 Å². The molecule has 3 N–H and O–H groups in total. The maximum absolute atomic E-state index is 12.1. The van der Waals surface area contributed by atoms with Gasteiger partial charge in [-0.1, -0.05) is 192 Å². The zero-order valence-electron chi connectivity index (χ0n) is 31.4. The Labute approximate surface area is 301 Å². The van der Waals surface area contributed by atoms with Gasteiger partial charge in [-0.05, 0) is 25.0 Å². The predicted octanol–water partition coefficient (Wildman–Crippen LogP) is 11.8. The fraction of sp³-hybridized carbons (Fsp3) is 0.762. The van der Waals surface area contributed by atoms with Crippen LogP contribution in [-0.4, -0.2) is 48.5 Å². The molecule has 6 nitrogen and oxygen atoms in total. The lowest BCUT2D eigenvalue weighted by molar-refractivity contribution is 0.145. The number of aliphatic hydroxyl groups excluding tert-OH is 2. The summed E-state index contributed by atoms with van der Waals surface area (Å²) in [6.07, 6.45) is 30.9. The van der Waals surface area contributed by atoms with Crippen LogP contribution in [0.2, 0.25) is 0 Å². The Kier molecular flexibility index (Phi) is 24.0. The minimum atomic E-state index is -4.40. The van der Waals surface area contributed by atoms with Crippen LogP contribution in [0.3, 0.4) is 0 Å². The third-order valence-electron chi connectivity index (χ3n) is 10.1. The molecule has 0 saturated carbocycles. The Morgan fingerprint density at radius 1 is 0.510 bits per heavy atom. The number of fused-ring (bicyclic) bond motifs is 1. The van der Waals surface area contributed by atoms with E-state index in [0.29, 0.717) is 36.7 Å². The fourth-order valence-electron chi connectivity index (χ4n) is 7.16. The average Bonchev–Trinajstić information content (AvgIpc) is 3.08. The molecule has 0 saturated heterocycles. The molecule has 2 atom stereocenters. The molecular formula is C42H73NO5S. The van der Waals surface area contributed by atoms with E-state index in [9.17, 15) is 23.2 Å². The molecule has 0 aromatic heterocycles. The normalized spacial score (nSPS) is 13.2. The maximum Gasteiger partial charge on any atom is 0.295 e. The summed E-state index contributed by atoms with van der Waals surface area (Å²) in [6, 6.07) is 10.3. The van der Waals surface area contributed by atoms with E-state index in [4.69, 9.17) is 0 Å². The van der Waals surface area contributed by atoms with Gasteiger partial charge in [0.05, 0.1) is 12.2 Å². The van der Waals surface area contributed by atoms with Gasteiger partial charge in [-0.2, -0.15) is 8.42 Å². The number of rotatable bonds is 32. The quantitative estimate of drug-likeness (QED) is 0.0518. The van der Waals surface area contributed by atoms with E-state index in [2.05, 4.69) is 13.8 Å². The molecule has 2 aromatic rings. The van der Waals surface area contributed by atoms with E-state index in [-0.39, 0.29) is 4.90 Å². The summed E-state index contributed by atoms with van der Waals surface area (Å²) in [6.45, 7) is 5.25. The van der Waals surface area contributed by atoms with Gasteiger partial charge in [0.15, 0.2) is 0 Å². The molecule has 0 heterocycles. The van der Waals surface area contributed by atoms with Crippen LogP contribution in [0.15, 0.2) is 41.3 Å². The molecular weight excluding hydrogens is 631 g/mol. The van der Waals surface area contributed by atoms with Gasteiger partial charge in [0.1, 0.15) is 4.90 Å². The molecule has 0 aliphatic rings. The van der Waals surface area contributed by atoms with Gasteiger partial charge in [0.25, 0.3) is 10.1 Å². The van der Waals surface area contributed by atoms with Gasteiger partial charge < -0.3 is 15.1 Å². The monoisotopic (exact) mass is 704 g/mol. The second-order valence-electron chi connectivity index (χ2n) is 14.7. The Morgan fingerprint density at radius 2 is 0.857 bits per heavy atom. The van der Waals surface area contributed by atoms with Crippen molar-refractivity contribution in [2.24, 2.45) is 0 Å². The summed E-state index contributed by atoms with van der Waals surface area (Å²) < 4.78 is 34.1. The maximum atomic E-state index is 12.1. The number of anilines is 1. The summed E-state index contributed by atoms with van der Waals surface area (Å²) in [7, 11) is -4.40. The van der Waals surface area contributed by atoms with Crippen molar-refractivity contribution in [3.05, 3.63) is 36.4 Å².